The third-order valence-electron chi connectivity index (χ3n) is 6.23. The van der Waals surface area contributed by atoms with E-state index in [1.807, 2.05) is 0 Å². The van der Waals surface area contributed by atoms with Gasteiger partial charge in [-0.1, -0.05) is 6.07 Å². The first-order valence-electron chi connectivity index (χ1n) is 10.6. The maximum absolute atomic E-state index is 13.0. The monoisotopic (exact) mass is 432 g/mol. The van der Waals surface area contributed by atoms with Crippen molar-refractivity contribution in [3.63, 3.8) is 0 Å². The molecule has 1 amide bonds. The van der Waals surface area contributed by atoms with Crippen LogP contribution in [0.5, 0.6) is 5.88 Å². The van der Waals surface area contributed by atoms with Gasteiger partial charge in [-0.25, -0.2) is 4.98 Å². The molecule has 3 aliphatic rings. The highest BCUT2D eigenvalue weighted by Crippen LogP contribution is 2.38. The molecule has 164 valence electrons. The molecule has 3 fully saturated rings. The molecule has 1 aromatic heterocycles. The molecule has 1 aliphatic carbocycles. The Labute approximate surface area is 178 Å². The number of halogens is 3. The second kappa shape index (κ2) is 7.78. The normalized spacial score (nSPS) is 24.2. The highest BCUT2D eigenvalue weighted by atomic mass is 19.4. The lowest BCUT2D eigenvalue weighted by atomic mass is 10.1. The third-order valence-corrected chi connectivity index (χ3v) is 6.23. The van der Waals surface area contributed by atoms with Gasteiger partial charge < -0.3 is 9.64 Å². The van der Waals surface area contributed by atoms with Crippen LogP contribution in [0.25, 0.3) is 0 Å². The summed E-state index contributed by atoms with van der Waals surface area (Å²) in [6.07, 6.45) is 2.02. The van der Waals surface area contributed by atoms with Crippen molar-refractivity contribution in [3.05, 3.63) is 53.5 Å². The molecule has 0 spiro atoms. The molecule has 31 heavy (non-hydrogen) atoms. The Bertz CT molecular complexity index is 962. The number of fused-ring (bicyclic) bond motifs is 1. The predicted molar refractivity (Wildman–Crippen MR) is 106 cm³/mol. The molecule has 0 bridgehead atoms. The van der Waals surface area contributed by atoms with Crippen LogP contribution in [0.4, 0.5) is 13.2 Å². The van der Waals surface area contributed by atoms with Crippen molar-refractivity contribution < 1.29 is 22.7 Å². The summed E-state index contributed by atoms with van der Waals surface area (Å²) in [5.41, 5.74) is 0.278. The molecule has 2 aliphatic heterocycles. The summed E-state index contributed by atoms with van der Waals surface area (Å²) in [7, 11) is 0. The lowest BCUT2D eigenvalue weighted by Gasteiger charge is -2.37. The maximum atomic E-state index is 13.0. The van der Waals surface area contributed by atoms with Crippen LogP contribution in [0, 0.1) is 0 Å². The van der Waals surface area contributed by atoms with Gasteiger partial charge >= 0.3 is 6.18 Å². The van der Waals surface area contributed by atoms with Gasteiger partial charge in [-0.05, 0) is 31.0 Å². The van der Waals surface area contributed by atoms with Crippen LogP contribution in [0.1, 0.15) is 46.8 Å². The quantitative estimate of drug-likeness (QED) is 0.742. The van der Waals surface area contributed by atoms with E-state index in [-0.39, 0.29) is 23.6 Å². The molecular formula is C22H23F3N4O2. The van der Waals surface area contributed by atoms with E-state index in [9.17, 15) is 18.0 Å². The van der Waals surface area contributed by atoms with Crippen molar-refractivity contribution in [1.29, 1.82) is 0 Å². The van der Waals surface area contributed by atoms with Crippen LogP contribution >= 0.6 is 0 Å². The summed E-state index contributed by atoms with van der Waals surface area (Å²) < 4.78 is 45.0. The Morgan fingerprint density at radius 2 is 1.94 bits per heavy atom. The number of benzene rings is 1. The van der Waals surface area contributed by atoms with E-state index < -0.39 is 11.7 Å². The molecule has 2 atom stereocenters. The van der Waals surface area contributed by atoms with E-state index in [1.165, 1.54) is 25.0 Å². The fraction of sp³-hybridized carbons (Fsp3) is 0.500. The van der Waals surface area contributed by atoms with Gasteiger partial charge in [-0.2, -0.15) is 13.2 Å². The van der Waals surface area contributed by atoms with Crippen molar-refractivity contribution >= 4 is 5.91 Å². The summed E-state index contributed by atoms with van der Waals surface area (Å²) in [6, 6.07) is 4.75. The molecule has 1 aromatic carbocycles. The summed E-state index contributed by atoms with van der Waals surface area (Å²) in [4.78, 5) is 25.5. The molecule has 2 saturated heterocycles. The average molecular weight is 432 g/mol. The number of aromatic nitrogens is 2. The van der Waals surface area contributed by atoms with Crippen molar-refractivity contribution in [1.82, 2.24) is 19.8 Å². The van der Waals surface area contributed by atoms with Crippen molar-refractivity contribution in [3.8, 4) is 5.88 Å². The standard InChI is InChI=1S/C22H23F3N4O2/c23-22(24,25)16-3-1-2-15(8-16)21(30)29-7-6-28-13-18(9-17(28)12-29)31-20-11-26-19(10-27-20)14-4-5-14/h1-3,8,10-11,14,17-18H,4-7,9,12-13H2/t17-,18+/m0/s1. The summed E-state index contributed by atoms with van der Waals surface area (Å²) in [5, 5.41) is 0. The zero-order valence-electron chi connectivity index (χ0n) is 16.9. The molecule has 2 aromatic rings. The Morgan fingerprint density at radius 3 is 2.65 bits per heavy atom. The van der Waals surface area contributed by atoms with Gasteiger partial charge in [0, 0.05) is 50.1 Å². The third kappa shape index (κ3) is 4.37. The van der Waals surface area contributed by atoms with E-state index in [2.05, 4.69) is 14.9 Å². The topological polar surface area (TPSA) is 58.6 Å². The fourth-order valence-electron chi connectivity index (χ4n) is 4.43. The second-order valence-electron chi connectivity index (χ2n) is 8.51. The van der Waals surface area contributed by atoms with Gasteiger partial charge in [0.15, 0.2) is 0 Å². The number of amides is 1. The number of carbonyl (C=O) groups is 1. The Balaban J connectivity index is 1.20. The number of rotatable bonds is 4. The van der Waals surface area contributed by atoms with Gasteiger partial charge in [0.2, 0.25) is 5.88 Å². The molecule has 0 radical (unpaired) electrons. The van der Waals surface area contributed by atoms with Crippen molar-refractivity contribution in [2.24, 2.45) is 0 Å². The van der Waals surface area contributed by atoms with Crippen molar-refractivity contribution in [2.45, 2.75) is 43.5 Å². The number of hydrogen-bond acceptors (Lipinski definition) is 5. The minimum atomic E-state index is -4.47. The Kier molecular flexibility index (Phi) is 5.08. The number of nitrogens with zero attached hydrogens (tertiary/aromatic N) is 4. The van der Waals surface area contributed by atoms with Crippen LogP contribution < -0.4 is 4.74 Å². The molecule has 0 N–H and O–H groups in total. The molecule has 6 nitrogen and oxygen atoms in total. The first kappa shape index (κ1) is 20.2. The van der Waals surface area contributed by atoms with Crippen LogP contribution in [0.2, 0.25) is 0 Å². The van der Waals surface area contributed by atoms with Crippen LogP contribution in [-0.4, -0.2) is 64.0 Å². The molecular weight excluding hydrogens is 409 g/mol. The van der Waals surface area contributed by atoms with Crippen LogP contribution in [-0.2, 0) is 6.18 Å². The van der Waals surface area contributed by atoms with Crippen molar-refractivity contribution in [2.75, 3.05) is 26.2 Å². The summed E-state index contributed by atoms with van der Waals surface area (Å²) in [5.74, 6) is 0.685. The Morgan fingerprint density at radius 1 is 1.10 bits per heavy atom. The van der Waals surface area contributed by atoms with E-state index >= 15 is 0 Å². The molecule has 3 heterocycles. The number of carbonyl (C=O) groups excluding carboxylic acids is 1. The molecule has 9 heteroatoms. The number of hydrogen-bond donors (Lipinski definition) is 0. The zero-order valence-corrected chi connectivity index (χ0v) is 16.9. The molecule has 5 rings (SSSR count). The van der Waals surface area contributed by atoms with Gasteiger partial charge in [-0.3, -0.25) is 14.7 Å². The van der Waals surface area contributed by atoms with E-state index in [0.29, 0.717) is 31.4 Å². The van der Waals surface area contributed by atoms with Gasteiger partial charge in [0.25, 0.3) is 5.91 Å². The average Bonchev–Trinajstić information content (AvgIpc) is 3.53. The van der Waals surface area contributed by atoms with Crippen LogP contribution in [0.15, 0.2) is 36.7 Å². The smallest absolute Gasteiger partial charge is 0.416 e. The molecule has 1 saturated carbocycles. The summed E-state index contributed by atoms with van der Waals surface area (Å²) in [6.45, 7) is 2.36. The minimum absolute atomic E-state index is 0.0466. The zero-order chi connectivity index (χ0) is 21.6. The number of ether oxygens (including phenoxy) is 1. The van der Waals surface area contributed by atoms with E-state index in [0.717, 1.165) is 30.8 Å². The fourth-order valence-corrected chi connectivity index (χ4v) is 4.43. The predicted octanol–water partition coefficient (Wildman–Crippen LogP) is 3.35. The highest BCUT2D eigenvalue weighted by molar-refractivity contribution is 5.94. The SMILES string of the molecule is O=C(c1cccc(C(F)(F)F)c1)N1CCN2C[C@H](Oc3cnc(C4CC4)cn3)C[C@H]2C1. The Hall–Kier alpha value is -2.68. The van der Waals surface area contributed by atoms with E-state index in [1.54, 1.807) is 17.3 Å². The number of piperazine rings is 1. The first-order valence-corrected chi connectivity index (χ1v) is 10.6. The van der Waals surface area contributed by atoms with Gasteiger partial charge in [-0.15, -0.1) is 0 Å². The molecule has 0 unspecified atom stereocenters. The second-order valence-corrected chi connectivity index (χ2v) is 8.51. The van der Waals surface area contributed by atoms with Gasteiger partial charge in [0.05, 0.1) is 23.7 Å². The lowest BCUT2D eigenvalue weighted by molar-refractivity contribution is -0.137. The maximum Gasteiger partial charge on any atom is 0.416 e. The lowest BCUT2D eigenvalue weighted by Crippen LogP contribution is -2.52. The van der Waals surface area contributed by atoms with Crippen LogP contribution in [0.3, 0.4) is 0 Å². The van der Waals surface area contributed by atoms with E-state index in [4.69, 9.17) is 4.74 Å². The minimum Gasteiger partial charge on any atom is -0.472 e. The summed E-state index contributed by atoms with van der Waals surface area (Å²) >= 11 is 0. The first-order chi connectivity index (χ1) is 14.9. The number of alkyl halides is 3. The largest absolute Gasteiger partial charge is 0.472 e. The van der Waals surface area contributed by atoms with Gasteiger partial charge in [0.1, 0.15) is 6.10 Å². The highest BCUT2D eigenvalue weighted by Gasteiger charge is 2.39.